The molecule has 0 saturated carbocycles. The summed E-state index contributed by atoms with van der Waals surface area (Å²) in [7, 11) is 3.65. The van der Waals surface area contributed by atoms with Crippen molar-refractivity contribution in [3.05, 3.63) is 47.7 Å². The van der Waals surface area contributed by atoms with E-state index in [1.165, 1.54) is 0 Å². The second kappa shape index (κ2) is 5.93. The Balaban J connectivity index is 2.41. The average molecular weight is 277 g/mol. The van der Waals surface area contributed by atoms with Crippen molar-refractivity contribution in [3.8, 4) is 5.75 Å². The minimum Gasteiger partial charge on any atom is -0.495 e. The van der Waals surface area contributed by atoms with Crippen LogP contribution in [0.1, 0.15) is 11.1 Å². The van der Waals surface area contributed by atoms with Gasteiger partial charge in [-0.1, -0.05) is 12.1 Å². The molecule has 19 heavy (non-hydrogen) atoms. The van der Waals surface area contributed by atoms with Crippen molar-refractivity contribution >= 4 is 23.1 Å². The van der Waals surface area contributed by atoms with E-state index in [1.54, 1.807) is 13.3 Å². The Morgan fingerprint density at radius 1 is 1.32 bits per heavy atom. The van der Waals surface area contributed by atoms with Gasteiger partial charge in [-0.2, -0.15) is 0 Å². The van der Waals surface area contributed by atoms with Crippen LogP contribution in [-0.2, 0) is 5.88 Å². The highest BCUT2D eigenvalue weighted by molar-refractivity contribution is 6.17. The predicted octanol–water partition coefficient (Wildman–Crippen LogP) is 3.91. The summed E-state index contributed by atoms with van der Waals surface area (Å²) in [5.41, 5.74) is 3.10. The molecule has 4 heteroatoms. The molecule has 0 N–H and O–H groups in total. The van der Waals surface area contributed by atoms with Gasteiger partial charge in [0.05, 0.1) is 12.8 Å². The van der Waals surface area contributed by atoms with E-state index < -0.39 is 0 Å². The molecule has 1 aromatic carbocycles. The van der Waals surface area contributed by atoms with Gasteiger partial charge in [0.2, 0.25) is 0 Å². The molecular formula is C15H17ClN2O. The summed E-state index contributed by atoms with van der Waals surface area (Å²) >= 11 is 5.82. The van der Waals surface area contributed by atoms with E-state index >= 15 is 0 Å². The van der Waals surface area contributed by atoms with E-state index in [9.17, 15) is 0 Å². The first-order chi connectivity index (χ1) is 9.17. The molecular weight excluding hydrogens is 260 g/mol. The quantitative estimate of drug-likeness (QED) is 0.792. The zero-order valence-corrected chi connectivity index (χ0v) is 12.1. The second-order valence-electron chi connectivity index (χ2n) is 4.35. The largest absolute Gasteiger partial charge is 0.495 e. The van der Waals surface area contributed by atoms with E-state index in [2.05, 4.69) is 11.1 Å². The Morgan fingerprint density at radius 2 is 2.05 bits per heavy atom. The predicted molar refractivity (Wildman–Crippen MR) is 79.6 cm³/mol. The van der Waals surface area contributed by atoms with E-state index in [0.717, 1.165) is 28.4 Å². The highest BCUT2D eigenvalue weighted by Gasteiger charge is 2.12. The lowest BCUT2D eigenvalue weighted by atomic mass is 10.2. The fraction of sp³-hybridized carbons (Fsp3) is 0.267. The van der Waals surface area contributed by atoms with Crippen molar-refractivity contribution < 1.29 is 4.74 Å². The van der Waals surface area contributed by atoms with Crippen molar-refractivity contribution in [1.82, 2.24) is 4.98 Å². The molecule has 0 amide bonds. The van der Waals surface area contributed by atoms with Gasteiger partial charge in [-0.3, -0.25) is 0 Å². The Bertz CT molecular complexity index is 572. The zero-order valence-electron chi connectivity index (χ0n) is 11.4. The minimum atomic E-state index is 0.479. The average Bonchev–Trinajstić information content (AvgIpc) is 2.46. The van der Waals surface area contributed by atoms with Crippen LogP contribution >= 0.6 is 11.6 Å². The van der Waals surface area contributed by atoms with Crippen LogP contribution in [0.4, 0.5) is 11.5 Å². The summed E-state index contributed by atoms with van der Waals surface area (Å²) in [5, 5.41) is 0. The number of methoxy groups -OCH3 is 1. The molecule has 100 valence electrons. The van der Waals surface area contributed by atoms with Crippen LogP contribution < -0.4 is 9.64 Å². The molecule has 2 rings (SSSR count). The van der Waals surface area contributed by atoms with Crippen LogP contribution in [-0.4, -0.2) is 19.1 Å². The third-order valence-electron chi connectivity index (χ3n) is 3.03. The van der Waals surface area contributed by atoms with E-state index in [0.29, 0.717) is 5.88 Å². The fourth-order valence-electron chi connectivity index (χ4n) is 2.07. The molecule has 3 nitrogen and oxygen atoms in total. The Hall–Kier alpha value is -1.74. The number of rotatable bonds is 4. The fourth-order valence-corrected chi connectivity index (χ4v) is 2.22. The van der Waals surface area contributed by atoms with Gasteiger partial charge in [-0.15, -0.1) is 11.6 Å². The summed E-state index contributed by atoms with van der Waals surface area (Å²) in [6.07, 6.45) is 1.81. The van der Waals surface area contributed by atoms with E-state index in [-0.39, 0.29) is 0 Å². The number of ether oxygens (including phenoxy) is 1. The first kappa shape index (κ1) is 13.7. The first-order valence-electron chi connectivity index (χ1n) is 6.05. The number of anilines is 2. The number of hydrogen-bond acceptors (Lipinski definition) is 3. The Kier molecular flexibility index (Phi) is 4.27. The van der Waals surface area contributed by atoms with Crippen molar-refractivity contribution in [3.63, 3.8) is 0 Å². The molecule has 2 aromatic rings. The molecule has 0 aliphatic heterocycles. The Morgan fingerprint density at radius 3 is 2.68 bits per heavy atom. The highest BCUT2D eigenvalue weighted by Crippen LogP contribution is 2.32. The van der Waals surface area contributed by atoms with Gasteiger partial charge in [0.1, 0.15) is 11.6 Å². The summed E-state index contributed by atoms with van der Waals surface area (Å²) in [6, 6.07) is 9.94. The second-order valence-corrected chi connectivity index (χ2v) is 4.62. The monoisotopic (exact) mass is 276 g/mol. The lowest BCUT2D eigenvalue weighted by Gasteiger charge is -2.22. The van der Waals surface area contributed by atoms with Crippen molar-refractivity contribution in [2.45, 2.75) is 12.8 Å². The van der Waals surface area contributed by atoms with E-state index in [1.807, 2.05) is 43.1 Å². The molecule has 0 spiro atoms. The molecule has 0 bridgehead atoms. The standard InChI is InChI=1S/C15H17ClN2O/c1-11-8-12(9-16)10-17-15(11)18(2)13-6-4-5-7-14(13)19-3/h4-8,10H,9H2,1-3H3. The van der Waals surface area contributed by atoms with Gasteiger partial charge < -0.3 is 9.64 Å². The zero-order chi connectivity index (χ0) is 13.8. The number of benzene rings is 1. The smallest absolute Gasteiger partial charge is 0.142 e. The lowest BCUT2D eigenvalue weighted by Crippen LogP contribution is -2.13. The summed E-state index contributed by atoms with van der Waals surface area (Å²) < 4.78 is 5.38. The van der Waals surface area contributed by atoms with Gasteiger partial charge in [-0.05, 0) is 36.2 Å². The number of halogens is 1. The third kappa shape index (κ3) is 2.82. The first-order valence-corrected chi connectivity index (χ1v) is 6.59. The molecule has 1 aromatic heterocycles. The Labute approximate surface area is 118 Å². The number of para-hydroxylation sites is 2. The van der Waals surface area contributed by atoms with Crippen molar-refractivity contribution in [2.24, 2.45) is 0 Å². The van der Waals surface area contributed by atoms with Crippen LogP contribution in [0.15, 0.2) is 36.5 Å². The topological polar surface area (TPSA) is 25.4 Å². The number of pyridine rings is 1. The maximum atomic E-state index is 5.82. The van der Waals surface area contributed by atoms with Crippen LogP contribution in [0, 0.1) is 6.92 Å². The number of hydrogen-bond donors (Lipinski definition) is 0. The summed E-state index contributed by atoms with van der Waals surface area (Å²) in [5.74, 6) is 2.21. The number of aromatic nitrogens is 1. The lowest BCUT2D eigenvalue weighted by molar-refractivity contribution is 0.415. The summed E-state index contributed by atoms with van der Waals surface area (Å²) in [6.45, 7) is 2.03. The molecule has 0 atom stereocenters. The maximum Gasteiger partial charge on any atom is 0.142 e. The van der Waals surface area contributed by atoms with Crippen LogP contribution in [0.2, 0.25) is 0 Å². The molecule has 1 heterocycles. The molecule has 0 fully saturated rings. The van der Waals surface area contributed by atoms with Crippen molar-refractivity contribution in [2.75, 3.05) is 19.1 Å². The van der Waals surface area contributed by atoms with Crippen LogP contribution in [0.25, 0.3) is 0 Å². The van der Waals surface area contributed by atoms with Gasteiger partial charge in [0, 0.05) is 19.1 Å². The molecule has 0 unspecified atom stereocenters. The van der Waals surface area contributed by atoms with Crippen molar-refractivity contribution in [1.29, 1.82) is 0 Å². The molecule has 0 saturated heterocycles. The number of nitrogens with zero attached hydrogens (tertiary/aromatic N) is 2. The van der Waals surface area contributed by atoms with Gasteiger partial charge >= 0.3 is 0 Å². The molecule has 0 radical (unpaired) electrons. The minimum absolute atomic E-state index is 0.479. The van der Waals surface area contributed by atoms with E-state index in [4.69, 9.17) is 16.3 Å². The normalized spacial score (nSPS) is 10.3. The summed E-state index contributed by atoms with van der Waals surface area (Å²) in [4.78, 5) is 6.51. The highest BCUT2D eigenvalue weighted by atomic mass is 35.5. The van der Waals surface area contributed by atoms with Crippen LogP contribution in [0.3, 0.4) is 0 Å². The van der Waals surface area contributed by atoms with Gasteiger partial charge in [-0.25, -0.2) is 4.98 Å². The van der Waals surface area contributed by atoms with Crippen LogP contribution in [0.5, 0.6) is 5.75 Å². The van der Waals surface area contributed by atoms with Gasteiger partial charge in [0.25, 0.3) is 0 Å². The number of alkyl halides is 1. The SMILES string of the molecule is COc1ccccc1N(C)c1ncc(CCl)cc1C. The maximum absolute atomic E-state index is 5.82. The molecule has 0 aliphatic carbocycles. The number of aryl methyl sites for hydroxylation is 1. The van der Waals surface area contributed by atoms with Gasteiger partial charge in [0.15, 0.2) is 0 Å². The molecule has 0 aliphatic rings. The third-order valence-corrected chi connectivity index (χ3v) is 3.33.